The number of hydrogen-bond acceptors (Lipinski definition) is 2. The molecule has 0 heterocycles. The third-order valence-corrected chi connectivity index (χ3v) is 2.69. The molecule has 0 amide bonds. The van der Waals surface area contributed by atoms with Gasteiger partial charge in [0.05, 0.1) is 0 Å². The predicted molar refractivity (Wildman–Crippen MR) is 78.4 cm³/mol. The largest absolute Gasteiger partial charge is 0.257 e. The molecule has 2 nitrogen and oxygen atoms in total. The van der Waals surface area contributed by atoms with Gasteiger partial charge in [0.1, 0.15) is 4.99 Å². The van der Waals surface area contributed by atoms with E-state index in [1.54, 1.807) is 5.01 Å². The van der Waals surface area contributed by atoms with Gasteiger partial charge >= 0.3 is 0 Å². The Bertz CT molecular complexity index is 435. The van der Waals surface area contributed by atoms with Crippen molar-refractivity contribution >= 4 is 22.9 Å². The minimum absolute atomic E-state index is 0.728. The van der Waals surface area contributed by atoms with Crippen molar-refractivity contribution < 1.29 is 0 Å². The fourth-order valence-electron chi connectivity index (χ4n) is 1.54. The molecule has 0 aromatic heterocycles. The number of rotatable bonds is 4. The van der Waals surface area contributed by atoms with Crippen LogP contribution >= 0.6 is 12.2 Å². The van der Waals surface area contributed by atoms with Crippen LogP contribution in [0.5, 0.6) is 0 Å². The smallest absolute Gasteiger partial charge is 0.129 e. The van der Waals surface area contributed by atoms with Crippen LogP contribution in [0.15, 0.2) is 47.6 Å². The third kappa shape index (κ3) is 4.49. The van der Waals surface area contributed by atoms with Crippen LogP contribution in [0.3, 0.4) is 0 Å². The highest BCUT2D eigenvalue weighted by Crippen LogP contribution is 2.06. The van der Waals surface area contributed by atoms with Gasteiger partial charge in [0.15, 0.2) is 0 Å². The molecule has 0 radical (unpaired) electrons. The van der Waals surface area contributed by atoms with Crippen LogP contribution in [0.25, 0.3) is 0 Å². The van der Waals surface area contributed by atoms with E-state index in [9.17, 15) is 0 Å². The Kier molecular flexibility index (Phi) is 5.04. The molecule has 0 aliphatic carbocycles. The number of nitrogens with zero attached hydrogens (tertiary/aromatic N) is 2. The zero-order valence-corrected chi connectivity index (χ0v) is 11.4. The van der Waals surface area contributed by atoms with E-state index in [4.69, 9.17) is 12.2 Å². The Labute approximate surface area is 109 Å². The van der Waals surface area contributed by atoms with Gasteiger partial charge in [-0.3, -0.25) is 5.01 Å². The first-order valence-electron chi connectivity index (χ1n) is 5.52. The topological polar surface area (TPSA) is 15.6 Å². The van der Waals surface area contributed by atoms with Crippen molar-refractivity contribution in [3.05, 3.63) is 48.0 Å². The lowest BCUT2D eigenvalue weighted by Gasteiger charge is -2.15. The summed E-state index contributed by atoms with van der Waals surface area (Å²) in [7, 11) is 1.87. The lowest BCUT2D eigenvalue weighted by atomic mass is 10.2. The van der Waals surface area contributed by atoms with E-state index < -0.39 is 0 Å². The van der Waals surface area contributed by atoms with Crippen molar-refractivity contribution in [3.8, 4) is 0 Å². The van der Waals surface area contributed by atoms with Crippen LogP contribution in [-0.4, -0.2) is 22.8 Å². The van der Waals surface area contributed by atoms with Crippen molar-refractivity contribution in [2.45, 2.75) is 20.3 Å². The lowest BCUT2D eigenvalue weighted by Crippen LogP contribution is -2.21. The SMILES string of the molecule is C=C(C)C/C(C)=N/N(C)C(=S)c1ccccc1. The molecule has 3 heteroatoms. The standard InChI is InChI=1S/C14H18N2S/c1-11(2)10-12(3)15-16(4)14(17)13-8-6-5-7-9-13/h5-9H,1,10H2,2-4H3/b15-12+. The van der Waals surface area contributed by atoms with E-state index >= 15 is 0 Å². The number of hydrazone groups is 1. The van der Waals surface area contributed by atoms with Gasteiger partial charge in [-0.05, 0) is 13.8 Å². The highest BCUT2D eigenvalue weighted by atomic mass is 32.1. The van der Waals surface area contributed by atoms with Crippen molar-refractivity contribution in [1.82, 2.24) is 5.01 Å². The molecule has 0 spiro atoms. The first kappa shape index (κ1) is 13.6. The summed E-state index contributed by atoms with van der Waals surface area (Å²) < 4.78 is 0. The molecular formula is C14H18N2S. The van der Waals surface area contributed by atoms with E-state index in [0.29, 0.717) is 0 Å². The van der Waals surface area contributed by atoms with E-state index in [0.717, 1.165) is 28.3 Å². The number of thiocarbonyl (C=S) groups is 1. The minimum Gasteiger partial charge on any atom is -0.257 e. The molecule has 90 valence electrons. The van der Waals surface area contributed by atoms with Crippen molar-refractivity contribution in [2.24, 2.45) is 5.10 Å². The van der Waals surface area contributed by atoms with Crippen molar-refractivity contribution in [2.75, 3.05) is 7.05 Å². The molecule has 0 saturated carbocycles. The fraction of sp³-hybridized carbons (Fsp3) is 0.286. The summed E-state index contributed by atoms with van der Waals surface area (Å²) in [6, 6.07) is 9.90. The van der Waals surface area contributed by atoms with Gasteiger partial charge in [0, 0.05) is 24.7 Å². The van der Waals surface area contributed by atoms with Gasteiger partial charge in [0.25, 0.3) is 0 Å². The Balaban J connectivity index is 2.74. The maximum absolute atomic E-state index is 5.37. The van der Waals surface area contributed by atoms with Crippen molar-refractivity contribution in [1.29, 1.82) is 0 Å². The van der Waals surface area contributed by atoms with Gasteiger partial charge in [0.2, 0.25) is 0 Å². The quantitative estimate of drug-likeness (QED) is 0.349. The second kappa shape index (κ2) is 6.30. The first-order valence-corrected chi connectivity index (χ1v) is 5.93. The monoisotopic (exact) mass is 246 g/mol. The van der Waals surface area contributed by atoms with Gasteiger partial charge in [-0.25, -0.2) is 0 Å². The summed E-state index contributed by atoms with van der Waals surface area (Å²) in [4.78, 5) is 0.728. The molecule has 1 aromatic rings. The predicted octanol–water partition coefficient (Wildman–Crippen LogP) is 3.64. The van der Waals surface area contributed by atoms with Crippen LogP contribution in [0.2, 0.25) is 0 Å². The molecule has 0 aliphatic heterocycles. The highest BCUT2D eigenvalue weighted by molar-refractivity contribution is 7.80. The zero-order chi connectivity index (χ0) is 12.8. The summed E-state index contributed by atoms with van der Waals surface area (Å²) in [5.74, 6) is 0. The molecule has 17 heavy (non-hydrogen) atoms. The van der Waals surface area contributed by atoms with Gasteiger partial charge in [-0.15, -0.1) is 0 Å². The van der Waals surface area contributed by atoms with E-state index in [-0.39, 0.29) is 0 Å². The zero-order valence-electron chi connectivity index (χ0n) is 10.6. The van der Waals surface area contributed by atoms with Gasteiger partial charge in [-0.1, -0.05) is 54.7 Å². The molecule has 0 atom stereocenters. The Morgan fingerprint density at radius 2 is 1.88 bits per heavy atom. The maximum Gasteiger partial charge on any atom is 0.129 e. The van der Waals surface area contributed by atoms with Gasteiger partial charge < -0.3 is 0 Å². The van der Waals surface area contributed by atoms with E-state index in [1.165, 1.54) is 0 Å². The molecule has 0 N–H and O–H groups in total. The molecule has 0 fully saturated rings. The van der Waals surface area contributed by atoms with E-state index in [1.807, 2.05) is 51.2 Å². The fourth-order valence-corrected chi connectivity index (χ4v) is 1.72. The average molecular weight is 246 g/mol. The van der Waals surface area contributed by atoms with Crippen LogP contribution in [-0.2, 0) is 0 Å². The Morgan fingerprint density at radius 1 is 1.29 bits per heavy atom. The first-order chi connectivity index (χ1) is 8.00. The van der Waals surface area contributed by atoms with Crippen LogP contribution in [0.1, 0.15) is 25.8 Å². The Hall–Kier alpha value is -1.48. The second-order valence-electron chi connectivity index (χ2n) is 4.16. The maximum atomic E-state index is 5.37. The molecule has 1 rings (SSSR count). The average Bonchev–Trinajstić information content (AvgIpc) is 2.28. The van der Waals surface area contributed by atoms with Gasteiger partial charge in [-0.2, -0.15) is 5.10 Å². The molecule has 0 saturated heterocycles. The Morgan fingerprint density at radius 3 is 2.41 bits per heavy atom. The summed E-state index contributed by atoms with van der Waals surface area (Å²) in [6.07, 6.45) is 0.807. The summed E-state index contributed by atoms with van der Waals surface area (Å²) in [6.45, 7) is 7.85. The molecular weight excluding hydrogens is 228 g/mol. The second-order valence-corrected chi connectivity index (χ2v) is 4.55. The minimum atomic E-state index is 0.728. The molecule has 0 unspecified atom stereocenters. The number of hydrogen-bond donors (Lipinski definition) is 0. The number of allylic oxidation sites excluding steroid dienone is 1. The number of benzene rings is 1. The summed E-state index contributed by atoms with van der Waals surface area (Å²) >= 11 is 5.37. The van der Waals surface area contributed by atoms with Crippen LogP contribution < -0.4 is 0 Å². The molecule has 1 aromatic carbocycles. The third-order valence-electron chi connectivity index (χ3n) is 2.19. The van der Waals surface area contributed by atoms with E-state index in [2.05, 4.69) is 11.7 Å². The van der Waals surface area contributed by atoms with Crippen LogP contribution in [0.4, 0.5) is 0 Å². The summed E-state index contributed by atoms with van der Waals surface area (Å²) in [5.41, 5.74) is 3.13. The highest BCUT2D eigenvalue weighted by Gasteiger charge is 2.05. The molecule has 0 bridgehead atoms. The molecule has 0 aliphatic rings. The summed E-state index contributed by atoms with van der Waals surface area (Å²) in [5, 5.41) is 6.18. The van der Waals surface area contributed by atoms with Crippen LogP contribution in [0, 0.1) is 0 Å². The van der Waals surface area contributed by atoms with Crippen molar-refractivity contribution in [3.63, 3.8) is 0 Å². The lowest BCUT2D eigenvalue weighted by molar-refractivity contribution is 0.553. The normalized spacial score (nSPS) is 11.1.